The molecule has 2 heteroatoms. The van der Waals surface area contributed by atoms with Crippen LogP contribution in [0, 0.1) is 0 Å². The molecule has 0 N–H and O–H groups in total. The van der Waals surface area contributed by atoms with E-state index in [4.69, 9.17) is 4.42 Å². The lowest BCUT2D eigenvalue weighted by Crippen LogP contribution is -2.28. The van der Waals surface area contributed by atoms with E-state index in [1.165, 1.54) is 66.1 Å². The van der Waals surface area contributed by atoms with Gasteiger partial charge in [0.1, 0.15) is 5.58 Å². The molecule has 0 amide bonds. The van der Waals surface area contributed by atoms with E-state index in [2.05, 4.69) is 254 Å². The van der Waals surface area contributed by atoms with Crippen molar-refractivity contribution in [2.45, 2.75) is 5.41 Å². The Bertz CT molecular complexity index is 3720. The van der Waals surface area contributed by atoms with Crippen molar-refractivity contribution in [1.29, 1.82) is 0 Å². The second-order valence-electron chi connectivity index (χ2n) is 17.2. The summed E-state index contributed by atoms with van der Waals surface area (Å²) in [5.41, 5.74) is 16.3. The maximum absolute atomic E-state index is 7.39. The Kier molecular flexibility index (Phi) is 8.47. The molecule has 0 radical (unpaired) electrons. The van der Waals surface area contributed by atoms with Gasteiger partial charge < -0.3 is 9.32 Å². The molecule has 0 bridgehead atoms. The number of furan rings is 1. The van der Waals surface area contributed by atoms with Gasteiger partial charge in [-0.3, -0.25) is 0 Å². The van der Waals surface area contributed by atoms with E-state index >= 15 is 0 Å². The molecule has 0 fully saturated rings. The van der Waals surface area contributed by atoms with Gasteiger partial charge in [0.15, 0.2) is 5.58 Å². The first kappa shape index (κ1) is 37.1. The number of fused-ring (bicyclic) bond motifs is 8. The first-order valence-corrected chi connectivity index (χ1v) is 22.4. The summed E-state index contributed by atoms with van der Waals surface area (Å²) in [6.07, 6.45) is 0. The van der Waals surface area contributed by atoms with Gasteiger partial charge in [-0.1, -0.05) is 206 Å². The Labute approximate surface area is 377 Å². The van der Waals surface area contributed by atoms with E-state index in [0.29, 0.717) is 0 Å². The smallest absolute Gasteiger partial charge is 0.159 e. The number of hydrogen-bond acceptors (Lipinski definition) is 2. The molecule has 0 saturated carbocycles. The first-order valence-electron chi connectivity index (χ1n) is 22.4. The van der Waals surface area contributed by atoms with Crippen LogP contribution in [0.4, 0.5) is 17.1 Å². The van der Waals surface area contributed by atoms with Crippen LogP contribution in [-0.4, -0.2) is 0 Å². The van der Waals surface area contributed by atoms with Crippen molar-refractivity contribution in [2.24, 2.45) is 0 Å². The molecule has 1 aromatic heterocycles. The Morgan fingerprint density at radius 2 is 0.908 bits per heavy atom. The number of para-hydroxylation sites is 1. The second-order valence-corrected chi connectivity index (χ2v) is 17.2. The van der Waals surface area contributed by atoms with Gasteiger partial charge in [-0.25, -0.2) is 0 Å². The van der Waals surface area contributed by atoms with Gasteiger partial charge in [0.05, 0.1) is 11.1 Å². The molecule has 0 saturated heterocycles. The highest BCUT2D eigenvalue weighted by Crippen LogP contribution is 2.57. The fraction of sp³-hybridized carbons (Fsp3) is 0.0159. The summed E-state index contributed by atoms with van der Waals surface area (Å²) in [4.78, 5) is 2.40. The second kappa shape index (κ2) is 14.8. The Morgan fingerprint density at radius 1 is 0.323 bits per heavy atom. The molecular formula is C63H41NO. The predicted octanol–water partition coefficient (Wildman–Crippen LogP) is 17.1. The highest BCUT2D eigenvalue weighted by Gasteiger charge is 2.46. The van der Waals surface area contributed by atoms with E-state index < -0.39 is 5.41 Å². The van der Waals surface area contributed by atoms with Gasteiger partial charge in [-0.15, -0.1) is 0 Å². The molecule has 304 valence electrons. The average Bonchev–Trinajstić information content (AvgIpc) is 3.90. The van der Waals surface area contributed by atoms with E-state index in [-0.39, 0.29) is 0 Å². The average molecular weight is 828 g/mol. The van der Waals surface area contributed by atoms with Gasteiger partial charge in [0.25, 0.3) is 0 Å². The Balaban J connectivity index is 1.09. The monoisotopic (exact) mass is 827 g/mol. The van der Waals surface area contributed by atoms with E-state index in [1.54, 1.807) is 0 Å². The topological polar surface area (TPSA) is 16.4 Å². The molecule has 11 aromatic carbocycles. The van der Waals surface area contributed by atoms with Crippen LogP contribution >= 0.6 is 0 Å². The lowest BCUT2D eigenvalue weighted by molar-refractivity contribution is 0.670. The third kappa shape index (κ3) is 5.74. The first-order chi connectivity index (χ1) is 32.2. The van der Waals surface area contributed by atoms with Crippen LogP contribution in [0.3, 0.4) is 0 Å². The third-order valence-corrected chi connectivity index (χ3v) is 13.7. The molecule has 0 atom stereocenters. The number of hydrogen-bond donors (Lipinski definition) is 0. The zero-order valence-electron chi connectivity index (χ0n) is 35.5. The summed E-state index contributed by atoms with van der Waals surface area (Å²) in [5.74, 6) is 0. The molecule has 2 nitrogen and oxygen atoms in total. The van der Waals surface area contributed by atoms with E-state index in [9.17, 15) is 0 Å². The standard InChI is InChI=1S/C63H41NO/c1-4-17-42(18-5-1)44-33-35-50(36-34-44)64(51-37-38-54-53-27-14-15-29-57(53)63(58(54)41-51,48-22-6-2-7-23-48)49-24-8-3-9-25-49)59-30-16-28-55-56-40-46-21-12-13-26-52(46)60(62(56)65-61(55)59)47-32-31-43-19-10-11-20-45(43)39-47/h1-41H. The van der Waals surface area contributed by atoms with Gasteiger partial charge in [-0.2, -0.15) is 0 Å². The van der Waals surface area contributed by atoms with Crippen molar-refractivity contribution in [3.8, 4) is 33.4 Å². The normalized spacial score (nSPS) is 12.7. The molecule has 12 aromatic rings. The van der Waals surface area contributed by atoms with Gasteiger partial charge in [0.2, 0.25) is 0 Å². The molecule has 13 rings (SSSR count). The minimum atomic E-state index is -0.548. The summed E-state index contributed by atoms with van der Waals surface area (Å²) >= 11 is 0. The van der Waals surface area contributed by atoms with E-state index in [0.717, 1.165) is 50.1 Å². The van der Waals surface area contributed by atoms with Crippen molar-refractivity contribution in [3.63, 3.8) is 0 Å². The van der Waals surface area contributed by atoms with Crippen LogP contribution in [0.25, 0.3) is 76.9 Å². The molecule has 1 heterocycles. The summed E-state index contributed by atoms with van der Waals surface area (Å²) in [5, 5.41) is 6.94. The third-order valence-electron chi connectivity index (χ3n) is 13.7. The van der Waals surface area contributed by atoms with Crippen molar-refractivity contribution in [3.05, 3.63) is 271 Å². The number of benzene rings is 11. The SMILES string of the molecule is c1ccc(-c2ccc(N(c3ccc4c(c3)C(c3ccccc3)(c3ccccc3)c3ccccc3-4)c3cccc4c3oc3c(-c5ccc6ccccc6c5)c5ccccc5cc34)cc2)cc1. The summed E-state index contributed by atoms with van der Waals surface area (Å²) in [6.45, 7) is 0. The Morgan fingerprint density at radius 3 is 1.68 bits per heavy atom. The maximum Gasteiger partial charge on any atom is 0.159 e. The highest BCUT2D eigenvalue weighted by molar-refractivity contribution is 6.20. The summed E-state index contributed by atoms with van der Waals surface area (Å²) < 4.78 is 7.39. The lowest BCUT2D eigenvalue weighted by atomic mass is 9.67. The lowest BCUT2D eigenvalue weighted by Gasteiger charge is -2.35. The van der Waals surface area contributed by atoms with Crippen molar-refractivity contribution in [2.75, 3.05) is 4.90 Å². The van der Waals surface area contributed by atoms with Crippen LogP contribution in [-0.2, 0) is 5.41 Å². The molecular weight excluding hydrogens is 787 g/mol. The van der Waals surface area contributed by atoms with Crippen molar-refractivity contribution in [1.82, 2.24) is 0 Å². The van der Waals surface area contributed by atoms with Crippen LogP contribution in [0.15, 0.2) is 253 Å². The fourth-order valence-corrected chi connectivity index (χ4v) is 10.8. The maximum atomic E-state index is 7.39. The zero-order chi connectivity index (χ0) is 42.9. The minimum absolute atomic E-state index is 0.548. The van der Waals surface area contributed by atoms with Crippen LogP contribution < -0.4 is 4.90 Å². The van der Waals surface area contributed by atoms with Crippen molar-refractivity contribution < 1.29 is 4.42 Å². The number of nitrogens with zero attached hydrogens (tertiary/aromatic N) is 1. The largest absolute Gasteiger partial charge is 0.453 e. The van der Waals surface area contributed by atoms with Gasteiger partial charge in [-0.05, 0) is 114 Å². The quantitative estimate of drug-likeness (QED) is 0.159. The van der Waals surface area contributed by atoms with Crippen LogP contribution in [0.5, 0.6) is 0 Å². The predicted molar refractivity (Wildman–Crippen MR) is 272 cm³/mol. The summed E-state index contributed by atoms with van der Waals surface area (Å²) in [6, 6.07) is 90.7. The van der Waals surface area contributed by atoms with Crippen molar-refractivity contribution >= 4 is 60.5 Å². The van der Waals surface area contributed by atoms with E-state index in [1.807, 2.05) is 0 Å². The molecule has 1 aliphatic carbocycles. The highest BCUT2D eigenvalue weighted by atomic mass is 16.3. The van der Waals surface area contributed by atoms with Gasteiger partial charge in [0, 0.05) is 27.7 Å². The molecule has 65 heavy (non-hydrogen) atoms. The van der Waals surface area contributed by atoms with Crippen LogP contribution in [0.1, 0.15) is 22.3 Å². The fourth-order valence-electron chi connectivity index (χ4n) is 10.8. The molecule has 0 aliphatic heterocycles. The van der Waals surface area contributed by atoms with Crippen LogP contribution in [0.2, 0.25) is 0 Å². The summed E-state index contributed by atoms with van der Waals surface area (Å²) in [7, 11) is 0. The Hall–Kier alpha value is -8.46. The molecule has 0 spiro atoms. The molecule has 0 unspecified atom stereocenters. The number of anilines is 3. The minimum Gasteiger partial charge on any atom is -0.453 e. The van der Waals surface area contributed by atoms with Gasteiger partial charge >= 0.3 is 0 Å². The number of rotatable bonds is 7. The zero-order valence-corrected chi connectivity index (χ0v) is 35.5. The molecule has 1 aliphatic rings.